The Morgan fingerprint density at radius 3 is 1.88 bits per heavy atom. The van der Waals surface area contributed by atoms with Crippen LogP contribution in [0.4, 0.5) is 0 Å². The number of hydrogen-bond acceptors (Lipinski definition) is 4. The van der Waals surface area contributed by atoms with Crippen LogP contribution in [0.3, 0.4) is 0 Å². The molecule has 0 aliphatic carbocycles. The molecule has 1 rings (SSSR count). The lowest BCUT2D eigenvalue weighted by molar-refractivity contribution is -0.241. The molecule has 0 radical (unpaired) electrons. The van der Waals surface area contributed by atoms with Gasteiger partial charge in [-0.15, -0.1) is 6.42 Å². The molecule has 1 N–H and O–H groups in total. The fraction of sp³-hybridized carbons (Fsp3) is 0.636. The fourth-order valence-corrected chi connectivity index (χ4v) is 1.87. The van der Waals surface area contributed by atoms with Gasteiger partial charge in [0.2, 0.25) is 0 Å². The van der Waals surface area contributed by atoms with E-state index in [1.165, 1.54) is 0 Å². The van der Waals surface area contributed by atoms with E-state index < -0.39 is 22.9 Å². The predicted molar refractivity (Wildman–Crippen MR) is 57.3 cm³/mol. The van der Waals surface area contributed by atoms with Crippen molar-refractivity contribution in [1.82, 2.24) is 9.96 Å². The minimum absolute atomic E-state index is 0.0711. The SMILES string of the molecule is C#CCN1C(=O)C(C)(C)N(O)C(C)(C)C1=O. The predicted octanol–water partition coefficient (Wildman–Crippen LogP) is 0.237. The van der Waals surface area contributed by atoms with Gasteiger partial charge in [0.25, 0.3) is 11.8 Å². The summed E-state index contributed by atoms with van der Waals surface area (Å²) in [6.45, 7) is 6.12. The van der Waals surface area contributed by atoms with Crippen molar-refractivity contribution >= 4 is 11.8 Å². The van der Waals surface area contributed by atoms with E-state index in [1.807, 2.05) is 0 Å². The Morgan fingerprint density at radius 2 is 1.56 bits per heavy atom. The van der Waals surface area contributed by atoms with Gasteiger partial charge in [-0.05, 0) is 27.7 Å². The monoisotopic (exact) mass is 224 g/mol. The minimum atomic E-state index is -1.16. The third kappa shape index (κ3) is 1.51. The minimum Gasteiger partial charge on any atom is -0.312 e. The maximum absolute atomic E-state index is 12.0. The van der Waals surface area contributed by atoms with Crippen molar-refractivity contribution in [2.75, 3.05) is 6.54 Å². The molecule has 0 saturated carbocycles. The summed E-state index contributed by atoms with van der Waals surface area (Å²) in [6.07, 6.45) is 5.12. The number of carbonyl (C=O) groups excluding carboxylic acids is 2. The van der Waals surface area contributed by atoms with Crippen molar-refractivity contribution in [3.63, 3.8) is 0 Å². The number of hydroxylamine groups is 2. The average Bonchev–Trinajstić information content (AvgIpc) is 2.21. The molecule has 2 amide bonds. The van der Waals surface area contributed by atoms with Crippen LogP contribution in [-0.4, -0.2) is 44.6 Å². The Morgan fingerprint density at radius 1 is 1.19 bits per heavy atom. The van der Waals surface area contributed by atoms with E-state index >= 15 is 0 Å². The first-order valence-electron chi connectivity index (χ1n) is 4.96. The van der Waals surface area contributed by atoms with Gasteiger partial charge in [0.1, 0.15) is 11.1 Å². The van der Waals surface area contributed by atoms with Crippen LogP contribution in [0.2, 0.25) is 0 Å². The van der Waals surface area contributed by atoms with Crippen LogP contribution in [0.1, 0.15) is 27.7 Å². The standard InChI is InChI=1S/C11H16N2O3/c1-6-7-12-8(14)10(2,3)13(16)11(4,5)9(12)15/h1,16H,7H2,2-5H3. The lowest BCUT2D eigenvalue weighted by Crippen LogP contribution is -2.72. The summed E-state index contributed by atoms with van der Waals surface area (Å²) < 4.78 is 0. The van der Waals surface area contributed by atoms with Crippen LogP contribution in [0.15, 0.2) is 0 Å². The van der Waals surface area contributed by atoms with E-state index in [-0.39, 0.29) is 6.54 Å². The van der Waals surface area contributed by atoms with Crippen molar-refractivity contribution in [1.29, 1.82) is 0 Å². The van der Waals surface area contributed by atoms with Crippen LogP contribution in [-0.2, 0) is 9.59 Å². The van der Waals surface area contributed by atoms with E-state index in [4.69, 9.17) is 6.42 Å². The van der Waals surface area contributed by atoms with Crippen molar-refractivity contribution < 1.29 is 14.8 Å². The third-order valence-electron chi connectivity index (χ3n) is 2.85. The molecule has 0 spiro atoms. The highest BCUT2D eigenvalue weighted by atomic mass is 16.5. The summed E-state index contributed by atoms with van der Waals surface area (Å²) in [5.41, 5.74) is -2.32. The second kappa shape index (κ2) is 3.58. The molecule has 1 heterocycles. The molecule has 0 aromatic heterocycles. The molecule has 0 unspecified atom stereocenters. The molecule has 1 fully saturated rings. The van der Waals surface area contributed by atoms with Gasteiger partial charge in [0.15, 0.2) is 0 Å². The summed E-state index contributed by atoms with van der Waals surface area (Å²) in [7, 11) is 0. The van der Waals surface area contributed by atoms with Crippen molar-refractivity contribution in [3.05, 3.63) is 0 Å². The van der Waals surface area contributed by atoms with Crippen LogP contribution < -0.4 is 0 Å². The quantitative estimate of drug-likeness (QED) is 0.512. The molecule has 5 nitrogen and oxygen atoms in total. The van der Waals surface area contributed by atoms with Crippen LogP contribution in [0, 0.1) is 12.3 Å². The Balaban J connectivity index is 3.24. The van der Waals surface area contributed by atoms with Crippen molar-refractivity contribution in [3.8, 4) is 12.3 Å². The normalized spacial score (nSPS) is 24.4. The Kier molecular flexibility index (Phi) is 2.84. The van der Waals surface area contributed by atoms with E-state index in [9.17, 15) is 14.8 Å². The molecular weight excluding hydrogens is 208 g/mol. The van der Waals surface area contributed by atoms with Crippen molar-refractivity contribution in [2.24, 2.45) is 0 Å². The molecule has 0 aromatic rings. The van der Waals surface area contributed by atoms with E-state index in [0.29, 0.717) is 0 Å². The lowest BCUT2D eigenvalue weighted by atomic mass is 9.89. The van der Waals surface area contributed by atoms with E-state index in [0.717, 1.165) is 9.96 Å². The number of hydrogen-bond donors (Lipinski definition) is 1. The first-order valence-corrected chi connectivity index (χ1v) is 4.96. The van der Waals surface area contributed by atoms with Gasteiger partial charge in [0, 0.05) is 0 Å². The maximum Gasteiger partial charge on any atom is 0.252 e. The molecule has 1 saturated heterocycles. The van der Waals surface area contributed by atoms with Crippen LogP contribution >= 0.6 is 0 Å². The zero-order valence-corrected chi connectivity index (χ0v) is 9.94. The lowest BCUT2D eigenvalue weighted by Gasteiger charge is -2.49. The molecule has 88 valence electrons. The van der Waals surface area contributed by atoms with E-state index in [1.54, 1.807) is 27.7 Å². The van der Waals surface area contributed by atoms with Gasteiger partial charge in [-0.2, -0.15) is 5.06 Å². The molecule has 1 aliphatic heterocycles. The average molecular weight is 224 g/mol. The van der Waals surface area contributed by atoms with Gasteiger partial charge >= 0.3 is 0 Å². The second-order valence-corrected chi connectivity index (χ2v) is 4.83. The van der Waals surface area contributed by atoms with Crippen molar-refractivity contribution in [2.45, 2.75) is 38.8 Å². The zero-order chi connectivity index (χ0) is 12.7. The van der Waals surface area contributed by atoms with Gasteiger partial charge < -0.3 is 5.21 Å². The van der Waals surface area contributed by atoms with Gasteiger partial charge in [-0.25, -0.2) is 0 Å². The molecule has 0 bridgehead atoms. The van der Waals surface area contributed by atoms with Gasteiger partial charge in [-0.3, -0.25) is 14.5 Å². The number of amides is 2. The Hall–Kier alpha value is -1.38. The first-order chi connectivity index (χ1) is 7.17. The topological polar surface area (TPSA) is 60.9 Å². The van der Waals surface area contributed by atoms with E-state index in [2.05, 4.69) is 5.92 Å². The first kappa shape index (κ1) is 12.7. The number of terminal acetylenes is 1. The molecule has 5 heteroatoms. The molecule has 1 aliphatic rings. The summed E-state index contributed by atoms with van der Waals surface area (Å²) in [5.74, 6) is 1.30. The summed E-state index contributed by atoms with van der Waals surface area (Å²) in [6, 6.07) is 0. The fourth-order valence-electron chi connectivity index (χ4n) is 1.87. The number of nitrogens with zero attached hydrogens (tertiary/aromatic N) is 2. The Labute approximate surface area is 95.0 Å². The maximum atomic E-state index is 12.0. The molecule has 0 atom stereocenters. The van der Waals surface area contributed by atoms with Crippen LogP contribution in [0.25, 0.3) is 0 Å². The summed E-state index contributed by atoms with van der Waals surface area (Å²) in [4.78, 5) is 24.9. The number of carbonyl (C=O) groups is 2. The highest BCUT2D eigenvalue weighted by Gasteiger charge is 2.55. The smallest absolute Gasteiger partial charge is 0.252 e. The van der Waals surface area contributed by atoms with Gasteiger partial charge in [0.05, 0.1) is 6.54 Å². The Bertz CT molecular complexity index is 351. The number of piperazine rings is 1. The summed E-state index contributed by atoms with van der Waals surface area (Å²) >= 11 is 0. The summed E-state index contributed by atoms with van der Waals surface area (Å²) in [5, 5.41) is 10.7. The highest BCUT2D eigenvalue weighted by Crippen LogP contribution is 2.31. The number of rotatable bonds is 1. The molecule has 16 heavy (non-hydrogen) atoms. The number of imide groups is 1. The molecular formula is C11H16N2O3. The zero-order valence-electron chi connectivity index (χ0n) is 9.94. The second-order valence-electron chi connectivity index (χ2n) is 4.83. The third-order valence-corrected chi connectivity index (χ3v) is 2.85. The highest BCUT2D eigenvalue weighted by molar-refractivity contribution is 6.06. The largest absolute Gasteiger partial charge is 0.312 e. The van der Waals surface area contributed by atoms with Crippen LogP contribution in [0.5, 0.6) is 0 Å². The van der Waals surface area contributed by atoms with Gasteiger partial charge in [-0.1, -0.05) is 5.92 Å². The molecule has 0 aromatic carbocycles.